The number of likely N-dealkylation sites (tertiary alicyclic amines) is 1. The first kappa shape index (κ1) is 18.9. The van der Waals surface area contributed by atoms with Crippen molar-refractivity contribution in [1.29, 1.82) is 0 Å². The lowest BCUT2D eigenvalue weighted by Gasteiger charge is -2.39. The Kier molecular flexibility index (Phi) is 5.99. The fourth-order valence-electron chi connectivity index (χ4n) is 3.56. The van der Waals surface area contributed by atoms with Gasteiger partial charge in [-0.25, -0.2) is 4.68 Å². The molecule has 0 spiro atoms. The normalized spacial score (nSPS) is 16.2. The van der Waals surface area contributed by atoms with Crippen LogP contribution in [-0.2, 0) is 6.54 Å². The summed E-state index contributed by atoms with van der Waals surface area (Å²) in [6, 6.07) is 10.8. The minimum absolute atomic E-state index is 0.237. The Labute approximate surface area is 160 Å². The van der Waals surface area contributed by atoms with Gasteiger partial charge in [-0.3, -0.25) is 4.79 Å². The minimum Gasteiger partial charge on any atom is -0.369 e. The second-order valence-corrected chi connectivity index (χ2v) is 7.64. The van der Waals surface area contributed by atoms with E-state index in [2.05, 4.69) is 28.7 Å². The number of anilines is 1. The molecular formula is C20H27ClN4O. The molecule has 1 aromatic carbocycles. The Balaban J connectivity index is 1.75. The zero-order chi connectivity index (χ0) is 18.7. The molecule has 1 aliphatic heterocycles. The maximum atomic E-state index is 12.7. The number of hydrogen-bond donors (Lipinski definition) is 0. The Hall–Kier alpha value is -1.85. The SMILES string of the molecule is CC(C)N1CCC(N(C)c2cnn(Cc3ccccc3)c(=O)c2Cl)CC1. The van der Waals surface area contributed by atoms with Gasteiger partial charge in [-0.15, -0.1) is 0 Å². The van der Waals surface area contributed by atoms with Gasteiger partial charge in [-0.05, 0) is 32.3 Å². The summed E-state index contributed by atoms with van der Waals surface area (Å²) < 4.78 is 1.43. The third-order valence-electron chi connectivity index (χ3n) is 5.30. The van der Waals surface area contributed by atoms with Crippen molar-refractivity contribution in [3.63, 3.8) is 0 Å². The summed E-state index contributed by atoms with van der Waals surface area (Å²) >= 11 is 6.43. The van der Waals surface area contributed by atoms with Gasteiger partial charge in [0, 0.05) is 32.2 Å². The predicted molar refractivity (Wildman–Crippen MR) is 107 cm³/mol. The second kappa shape index (κ2) is 8.23. The zero-order valence-electron chi connectivity index (χ0n) is 15.7. The van der Waals surface area contributed by atoms with E-state index in [4.69, 9.17) is 11.6 Å². The van der Waals surface area contributed by atoms with E-state index in [-0.39, 0.29) is 10.6 Å². The molecule has 5 nitrogen and oxygen atoms in total. The summed E-state index contributed by atoms with van der Waals surface area (Å²) in [5, 5.41) is 4.62. The van der Waals surface area contributed by atoms with E-state index in [1.54, 1.807) is 6.20 Å². The summed E-state index contributed by atoms with van der Waals surface area (Å²) in [6.45, 7) is 7.04. The highest BCUT2D eigenvalue weighted by Crippen LogP contribution is 2.26. The highest BCUT2D eigenvalue weighted by Gasteiger charge is 2.26. The van der Waals surface area contributed by atoms with Crippen LogP contribution in [0.2, 0.25) is 5.02 Å². The maximum Gasteiger partial charge on any atom is 0.287 e. The average molecular weight is 375 g/mol. The molecule has 2 heterocycles. The summed E-state index contributed by atoms with van der Waals surface area (Å²) in [4.78, 5) is 17.3. The number of aromatic nitrogens is 2. The molecule has 6 heteroatoms. The van der Waals surface area contributed by atoms with Gasteiger partial charge in [0.1, 0.15) is 5.02 Å². The van der Waals surface area contributed by atoms with Crippen LogP contribution in [0.3, 0.4) is 0 Å². The number of halogens is 1. The number of rotatable bonds is 5. The Morgan fingerprint density at radius 1 is 1.23 bits per heavy atom. The fourth-order valence-corrected chi connectivity index (χ4v) is 3.84. The molecule has 0 amide bonds. The molecule has 0 saturated carbocycles. The summed E-state index contributed by atoms with van der Waals surface area (Å²) in [7, 11) is 2.01. The van der Waals surface area contributed by atoms with Crippen molar-refractivity contribution < 1.29 is 0 Å². The molecule has 0 aliphatic carbocycles. The van der Waals surface area contributed by atoms with Gasteiger partial charge in [0.25, 0.3) is 5.56 Å². The number of nitrogens with zero attached hydrogens (tertiary/aromatic N) is 4. The van der Waals surface area contributed by atoms with Crippen molar-refractivity contribution >= 4 is 17.3 Å². The van der Waals surface area contributed by atoms with Crippen LogP contribution in [0.1, 0.15) is 32.3 Å². The molecule has 0 atom stereocenters. The van der Waals surface area contributed by atoms with Crippen molar-refractivity contribution in [3.05, 3.63) is 57.5 Å². The third kappa shape index (κ3) is 4.10. The topological polar surface area (TPSA) is 41.4 Å². The molecule has 1 aromatic heterocycles. The van der Waals surface area contributed by atoms with Crippen molar-refractivity contribution in [1.82, 2.24) is 14.7 Å². The van der Waals surface area contributed by atoms with E-state index in [9.17, 15) is 4.79 Å². The lowest BCUT2D eigenvalue weighted by atomic mass is 10.0. The summed E-state index contributed by atoms with van der Waals surface area (Å²) in [5.74, 6) is 0. The van der Waals surface area contributed by atoms with Crippen molar-refractivity contribution in [2.75, 3.05) is 25.0 Å². The molecule has 1 fully saturated rings. The van der Waals surface area contributed by atoms with Crippen molar-refractivity contribution in [2.24, 2.45) is 0 Å². The monoisotopic (exact) mass is 374 g/mol. The lowest BCUT2D eigenvalue weighted by Crippen LogP contribution is -2.46. The van der Waals surface area contributed by atoms with Crippen LogP contribution in [0, 0.1) is 0 Å². The van der Waals surface area contributed by atoms with Gasteiger partial charge >= 0.3 is 0 Å². The van der Waals surface area contributed by atoms with E-state index in [1.165, 1.54) is 4.68 Å². The molecule has 2 aromatic rings. The molecule has 0 bridgehead atoms. The van der Waals surface area contributed by atoms with Gasteiger partial charge in [-0.1, -0.05) is 41.9 Å². The smallest absolute Gasteiger partial charge is 0.287 e. The molecule has 3 rings (SSSR count). The molecule has 0 N–H and O–H groups in total. The van der Waals surface area contributed by atoms with Crippen LogP contribution >= 0.6 is 11.6 Å². The molecule has 1 saturated heterocycles. The van der Waals surface area contributed by atoms with Crippen LogP contribution < -0.4 is 10.5 Å². The molecular weight excluding hydrogens is 348 g/mol. The number of piperidine rings is 1. The molecule has 0 radical (unpaired) electrons. The largest absolute Gasteiger partial charge is 0.369 e. The lowest BCUT2D eigenvalue weighted by molar-refractivity contribution is 0.171. The molecule has 0 unspecified atom stereocenters. The first-order valence-corrected chi connectivity index (χ1v) is 9.61. The minimum atomic E-state index is -0.237. The molecule has 140 valence electrons. The fraction of sp³-hybridized carbons (Fsp3) is 0.500. The van der Waals surface area contributed by atoms with Crippen molar-refractivity contribution in [2.45, 2.75) is 45.3 Å². The van der Waals surface area contributed by atoms with Crippen LogP contribution in [0.5, 0.6) is 0 Å². The van der Waals surface area contributed by atoms with Crippen LogP contribution in [0.4, 0.5) is 5.69 Å². The van der Waals surface area contributed by atoms with Crippen LogP contribution in [-0.4, -0.2) is 46.9 Å². The zero-order valence-corrected chi connectivity index (χ0v) is 16.5. The maximum absolute atomic E-state index is 12.7. The highest BCUT2D eigenvalue weighted by atomic mass is 35.5. The first-order valence-electron chi connectivity index (χ1n) is 9.23. The first-order chi connectivity index (χ1) is 12.5. The second-order valence-electron chi connectivity index (χ2n) is 7.26. The average Bonchev–Trinajstić information content (AvgIpc) is 2.66. The van der Waals surface area contributed by atoms with Gasteiger partial charge in [0.2, 0.25) is 0 Å². The van der Waals surface area contributed by atoms with Gasteiger partial charge in [0.05, 0.1) is 18.4 Å². The Bertz CT molecular complexity index is 782. The predicted octanol–water partition coefficient (Wildman–Crippen LogP) is 3.25. The Morgan fingerprint density at radius 3 is 2.50 bits per heavy atom. The highest BCUT2D eigenvalue weighted by molar-refractivity contribution is 6.33. The summed E-state index contributed by atoms with van der Waals surface area (Å²) in [6.07, 6.45) is 3.86. The van der Waals surface area contributed by atoms with E-state index < -0.39 is 0 Å². The quantitative estimate of drug-likeness (QED) is 0.805. The molecule has 26 heavy (non-hydrogen) atoms. The van der Waals surface area contributed by atoms with Gasteiger partial charge < -0.3 is 9.80 Å². The van der Waals surface area contributed by atoms with E-state index in [0.717, 1.165) is 37.2 Å². The van der Waals surface area contributed by atoms with E-state index in [0.29, 0.717) is 18.6 Å². The standard InChI is InChI=1S/C20H27ClN4O/c1-15(2)24-11-9-17(10-12-24)23(3)18-13-22-25(20(26)19(18)21)14-16-7-5-4-6-8-16/h4-8,13,15,17H,9-12,14H2,1-3H3. The van der Waals surface area contributed by atoms with Crippen LogP contribution in [0.25, 0.3) is 0 Å². The third-order valence-corrected chi connectivity index (χ3v) is 5.65. The number of hydrogen-bond acceptors (Lipinski definition) is 4. The number of benzene rings is 1. The van der Waals surface area contributed by atoms with Gasteiger partial charge in [-0.2, -0.15) is 5.10 Å². The van der Waals surface area contributed by atoms with Gasteiger partial charge in [0.15, 0.2) is 0 Å². The molecule has 1 aliphatic rings. The van der Waals surface area contributed by atoms with Crippen LogP contribution in [0.15, 0.2) is 41.3 Å². The summed E-state index contributed by atoms with van der Waals surface area (Å²) in [5.41, 5.74) is 1.52. The van der Waals surface area contributed by atoms with E-state index in [1.807, 2.05) is 37.4 Å². The Morgan fingerprint density at radius 2 is 1.88 bits per heavy atom. The van der Waals surface area contributed by atoms with E-state index >= 15 is 0 Å². The van der Waals surface area contributed by atoms with Crippen molar-refractivity contribution in [3.8, 4) is 0 Å².